The van der Waals surface area contributed by atoms with Gasteiger partial charge in [-0.15, -0.1) is 12.4 Å². The summed E-state index contributed by atoms with van der Waals surface area (Å²) in [6.07, 6.45) is 1.52. The maximum Gasteiger partial charge on any atom is 0.345 e. The molecule has 1 aromatic heterocycles. The van der Waals surface area contributed by atoms with E-state index in [4.69, 9.17) is 0 Å². The first-order valence-corrected chi connectivity index (χ1v) is 3.25. The van der Waals surface area contributed by atoms with Crippen molar-refractivity contribution in [3.63, 3.8) is 0 Å². The van der Waals surface area contributed by atoms with Gasteiger partial charge in [-0.05, 0) is 12.0 Å². The summed E-state index contributed by atoms with van der Waals surface area (Å²) in [5.74, 6) is 0.357. The highest BCUT2D eigenvalue weighted by Gasteiger charge is 1.97. The van der Waals surface area contributed by atoms with Crippen molar-refractivity contribution in [1.82, 2.24) is 9.97 Å². The molecule has 0 aliphatic carbocycles. The van der Waals surface area contributed by atoms with Crippen molar-refractivity contribution in [3.05, 3.63) is 28.4 Å². The third-order valence-electron chi connectivity index (χ3n) is 1.32. The smallest absolute Gasteiger partial charge is 0.310 e. The van der Waals surface area contributed by atoms with E-state index in [1.54, 1.807) is 0 Å². The van der Waals surface area contributed by atoms with Crippen LogP contribution in [0.2, 0.25) is 0 Å². The lowest BCUT2D eigenvalue weighted by Gasteiger charge is -2.01. The molecule has 3 nitrogen and oxygen atoms in total. The van der Waals surface area contributed by atoms with Crippen LogP contribution in [0, 0.1) is 0 Å². The highest BCUT2D eigenvalue weighted by atomic mass is 35.5. The van der Waals surface area contributed by atoms with E-state index in [-0.39, 0.29) is 18.1 Å². The van der Waals surface area contributed by atoms with E-state index in [9.17, 15) is 4.79 Å². The largest absolute Gasteiger partial charge is 0.345 e. The summed E-state index contributed by atoms with van der Waals surface area (Å²) >= 11 is 0. The topological polar surface area (TPSA) is 45.8 Å². The highest BCUT2D eigenvalue weighted by molar-refractivity contribution is 5.85. The second-order valence-electron chi connectivity index (χ2n) is 2.49. The number of rotatable bonds is 1. The summed E-state index contributed by atoms with van der Waals surface area (Å²) in [6.45, 7) is 4.04. The van der Waals surface area contributed by atoms with Gasteiger partial charge >= 0.3 is 5.69 Å². The molecule has 0 saturated carbocycles. The van der Waals surface area contributed by atoms with Crippen molar-refractivity contribution in [3.8, 4) is 0 Å². The lowest BCUT2D eigenvalue weighted by atomic mass is 10.1. The van der Waals surface area contributed by atoms with Crippen LogP contribution in [0.3, 0.4) is 0 Å². The first-order chi connectivity index (χ1) is 4.70. The molecule has 4 heteroatoms. The average Bonchev–Trinajstić information content (AvgIpc) is 1.88. The molecule has 0 saturated heterocycles. The molecule has 0 aliphatic rings. The third-order valence-corrected chi connectivity index (χ3v) is 1.32. The molecule has 0 radical (unpaired) electrons. The maximum atomic E-state index is 10.6. The number of halogens is 1. The molecule has 0 unspecified atom stereocenters. The third kappa shape index (κ3) is 2.72. The minimum atomic E-state index is -0.272. The number of hydrogen-bond donors (Lipinski definition) is 1. The molecule has 0 spiro atoms. The van der Waals surface area contributed by atoms with Gasteiger partial charge in [0.15, 0.2) is 0 Å². The normalized spacial score (nSPS) is 9.36. The molecule has 0 aromatic carbocycles. The summed E-state index contributed by atoms with van der Waals surface area (Å²) in [7, 11) is 0. The molecule has 0 fully saturated rings. The summed E-state index contributed by atoms with van der Waals surface area (Å²) in [6, 6.07) is 1.81. The van der Waals surface area contributed by atoms with Crippen molar-refractivity contribution in [1.29, 1.82) is 0 Å². The molecule has 1 rings (SSSR count). The summed E-state index contributed by atoms with van der Waals surface area (Å²) in [4.78, 5) is 16.8. The van der Waals surface area contributed by atoms with Crippen LogP contribution in [-0.4, -0.2) is 9.97 Å². The van der Waals surface area contributed by atoms with Gasteiger partial charge < -0.3 is 4.98 Å². The van der Waals surface area contributed by atoms with Crippen LogP contribution in [-0.2, 0) is 0 Å². The van der Waals surface area contributed by atoms with Crippen LogP contribution >= 0.6 is 12.4 Å². The molecule has 0 atom stereocenters. The molecule has 62 valence electrons. The fourth-order valence-corrected chi connectivity index (χ4v) is 0.719. The molecule has 0 aliphatic heterocycles. The van der Waals surface area contributed by atoms with Crippen LogP contribution in [0.15, 0.2) is 17.1 Å². The van der Waals surface area contributed by atoms with Crippen molar-refractivity contribution in [2.75, 3.05) is 0 Å². The van der Waals surface area contributed by atoms with E-state index in [1.807, 2.05) is 19.9 Å². The molecule has 0 amide bonds. The van der Waals surface area contributed by atoms with Crippen molar-refractivity contribution in [2.45, 2.75) is 19.8 Å². The Hall–Kier alpha value is -0.830. The SMILES string of the molecule is CC(C)c1ccnc(=O)[nH]1.Cl. The fourth-order valence-electron chi connectivity index (χ4n) is 0.719. The number of aromatic nitrogens is 2. The second kappa shape index (κ2) is 4.13. The van der Waals surface area contributed by atoms with Gasteiger partial charge in [0, 0.05) is 11.9 Å². The fraction of sp³-hybridized carbons (Fsp3) is 0.429. The van der Waals surface area contributed by atoms with E-state index in [2.05, 4.69) is 9.97 Å². The Balaban J connectivity index is 0.000001000. The average molecular weight is 175 g/mol. The zero-order chi connectivity index (χ0) is 7.56. The Kier molecular flexibility index (Phi) is 3.82. The van der Waals surface area contributed by atoms with Gasteiger partial charge in [-0.2, -0.15) is 0 Å². The molecule has 0 bridgehead atoms. The quantitative estimate of drug-likeness (QED) is 0.698. The van der Waals surface area contributed by atoms with Crippen LogP contribution in [0.5, 0.6) is 0 Å². The first kappa shape index (κ1) is 10.2. The summed E-state index contributed by atoms with van der Waals surface area (Å²) in [5, 5.41) is 0. The molecule has 1 N–H and O–H groups in total. The molecular weight excluding hydrogens is 164 g/mol. The Bertz CT molecular complexity index is 269. The Labute approximate surface area is 71.3 Å². The van der Waals surface area contributed by atoms with E-state index < -0.39 is 0 Å². The van der Waals surface area contributed by atoms with E-state index >= 15 is 0 Å². The highest BCUT2D eigenvalue weighted by Crippen LogP contribution is 2.06. The van der Waals surface area contributed by atoms with Gasteiger partial charge in [-0.3, -0.25) is 0 Å². The van der Waals surface area contributed by atoms with E-state index in [0.29, 0.717) is 5.92 Å². The van der Waals surface area contributed by atoms with Gasteiger partial charge in [0.25, 0.3) is 0 Å². The minimum absolute atomic E-state index is 0. The maximum absolute atomic E-state index is 10.6. The van der Waals surface area contributed by atoms with Crippen molar-refractivity contribution in [2.24, 2.45) is 0 Å². The monoisotopic (exact) mass is 174 g/mol. The Morgan fingerprint density at radius 3 is 2.55 bits per heavy atom. The number of nitrogens with one attached hydrogen (secondary N) is 1. The number of aromatic amines is 1. The number of nitrogens with zero attached hydrogens (tertiary/aromatic N) is 1. The first-order valence-electron chi connectivity index (χ1n) is 3.25. The van der Waals surface area contributed by atoms with Gasteiger partial charge in [0.05, 0.1) is 0 Å². The molecule has 1 heterocycles. The predicted molar refractivity (Wildman–Crippen MR) is 46.2 cm³/mol. The van der Waals surface area contributed by atoms with Crippen LogP contribution in [0.4, 0.5) is 0 Å². The zero-order valence-electron chi connectivity index (χ0n) is 6.50. The Morgan fingerprint density at radius 1 is 1.55 bits per heavy atom. The van der Waals surface area contributed by atoms with Gasteiger partial charge in [-0.1, -0.05) is 13.8 Å². The summed E-state index contributed by atoms with van der Waals surface area (Å²) < 4.78 is 0. The van der Waals surface area contributed by atoms with Gasteiger partial charge in [0.1, 0.15) is 0 Å². The van der Waals surface area contributed by atoms with E-state index in [1.165, 1.54) is 6.20 Å². The van der Waals surface area contributed by atoms with Gasteiger partial charge in [-0.25, -0.2) is 9.78 Å². The van der Waals surface area contributed by atoms with Crippen LogP contribution in [0.1, 0.15) is 25.5 Å². The summed E-state index contributed by atoms with van der Waals surface area (Å²) in [5.41, 5.74) is 0.659. The zero-order valence-corrected chi connectivity index (χ0v) is 7.31. The van der Waals surface area contributed by atoms with E-state index in [0.717, 1.165) is 5.69 Å². The lowest BCUT2D eigenvalue weighted by Crippen LogP contribution is -2.11. The van der Waals surface area contributed by atoms with Crippen molar-refractivity contribution < 1.29 is 0 Å². The molecule has 11 heavy (non-hydrogen) atoms. The molecular formula is C7H11ClN2O. The second-order valence-corrected chi connectivity index (χ2v) is 2.49. The molecule has 1 aromatic rings. The minimum Gasteiger partial charge on any atom is -0.310 e. The van der Waals surface area contributed by atoms with Gasteiger partial charge in [0.2, 0.25) is 0 Å². The number of hydrogen-bond acceptors (Lipinski definition) is 2. The predicted octanol–water partition coefficient (Wildman–Crippen LogP) is 1.32. The lowest BCUT2D eigenvalue weighted by molar-refractivity contribution is 0.802. The van der Waals surface area contributed by atoms with Crippen LogP contribution in [0.25, 0.3) is 0 Å². The standard InChI is InChI=1S/C7H10N2O.ClH/c1-5(2)6-3-4-8-7(10)9-6;/h3-5H,1-2H3,(H,8,9,10);1H. The van der Waals surface area contributed by atoms with Crippen molar-refractivity contribution >= 4 is 12.4 Å². The van der Waals surface area contributed by atoms with Crippen LogP contribution < -0.4 is 5.69 Å². The number of H-pyrrole nitrogens is 1. The Morgan fingerprint density at radius 2 is 2.18 bits per heavy atom.